The largest absolute Gasteiger partial charge is 0.350 e. The lowest BCUT2D eigenvalue weighted by molar-refractivity contribution is 0.0952. The number of halogens is 2. The molecule has 2 aromatic rings. The Morgan fingerprint density at radius 1 is 1.26 bits per heavy atom. The maximum absolute atomic E-state index is 12.1. The first kappa shape index (κ1) is 16.0. The van der Waals surface area contributed by atoms with Gasteiger partial charge in [-0.2, -0.15) is 5.10 Å². The Balaban J connectivity index is 1.63. The number of benzene rings is 1. The Hall–Kier alpha value is -1.85. The Labute approximate surface area is 143 Å². The van der Waals surface area contributed by atoms with Gasteiger partial charge < -0.3 is 5.32 Å². The summed E-state index contributed by atoms with van der Waals surface area (Å²) in [5.41, 5.74) is 2.25. The Kier molecular flexibility index (Phi) is 4.68. The zero-order valence-corrected chi connectivity index (χ0v) is 13.8. The smallest absolute Gasteiger partial charge is 0.267 e. The lowest BCUT2D eigenvalue weighted by Crippen LogP contribution is -2.32. The summed E-state index contributed by atoms with van der Waals surface area (Å²) >= 11 is 11.8. The maximum Gasteiger partial charge on any atom is 0.267 e. The zero-order chi connectivity index (χ0) is 16.4. The van der Waals surface area contributed by atoms with Crippen molar-refractivity contribution in [1.82, 2.24) is 15.1 Å². The fourth-order valence-corrected chi connectivity index (χ4v) is 3.14. The van der Waals surface area contributed by atoms with Gasteiger partial charge in [0.05, 0.1) is 22.8 Å². The van der Waals surface area contributed by atoms with Crippen molar-refractivity contribution < 1.29 is 4.79 Å². The van der Waals surface area contributed by atoms with E-state index in [0.717, 1.165) is 30.5 Å². The number of aryl methyl sites for hydroxylation is 2. The summed E-state index contributed by atoms with van der Waals surface area (Å²) in [5.74, 6) is -0.305. The molecule has 0 radical (unpaired) electrons. The van der Waals surface area contributed by atoms with Gasteiger partial charge in [0.2, 0.25) is 0 Å². The van der Waals surface area contributed by atoms with Crippen molar-refractivity contribution in [2.24, 2.45) is 0 Å². The zero-order valence-electron chi connectivity index (χ0n) is 12.3. The topological polar surface area (TPSA) is 64.0 Å². The Morgan fingerprint density at radius 3 is 2.87 bits per heavy atom. The molecule has 1 aliphatic carbocycles. The predicted octanol–water partition coefficient (Wildman–Crippen LogP) is 2.47. The third kappa shape index (κ3) is 3.57. The number of rotatable bonds is 4. The predicted molar refractivity (Wildman–Crippen MR) is 89.3 cm³/mol. The molecule has 1 aromatic heterocycles. The molecule has 1 amide bonds. The number of nitrogens with one attached hydrogen (secondary N) is 1. The van der Waals surface area contributed by atoms with Gasteiger partial charge in [0.15, 0.2) is 0 Å². The molecule has 0 saturated carbocycles. The van der Waals surface area contributed by atoms with Crippen LogP contribution in [0.1, 0.15) is 28.0 Å². The van der Waals surface area contributed by atoms with E-state index in [4.69, 9.17) is 23.2 Å². The summed E-state index contributed by atoms with van der Waals surface area (Å²) < 4.78 is 1.40. The first-order valence-corrected chi connectivity index (χ1v) is 8.13. The quantitative estimate of drug-likeness (QED) is 0.920. The van der Waals surface area contributed by atoms with Crippen LogP contribution in [-0.2, 0) is 19.4 Å². The molecule has 23 heavy (non-hydrogen) atoms. The number of carbonyl (C=O) groups excluding carboxylic acids is 1. The normalized spacial score (nSPS) is 13.0. The summed E-state index contributed by atoms with van der Waals surface area (Å²) in [5, 5.41) is 7.86. The number of hydrogen-bond acceptors (Lipinski definition) is 3. The van der Waals surface area contributed by atoms with Crippen LogP contribution in [0.5, 0.6) is 0 Å². The van der Waals surface area contributed by atoms with Gasteiger partial charge in [0.1, 0.15) is 0 Å². The van der Waals surface area contributed by atoms with Crippen molar-refractivity contribution in [2.45, 2.75) is 25.8 Å². The number of nitrogens with zero attached hydrogens (tertiary/aromatic N) is 2. The van der Waals surface area contributed by atoms with E-state index in [9.17, 15) is 9.59 Å². The standard InChI is InChI=1S/C16H15Cl2N3O2/c17-11-4-5-12(13(18)9-11)16(23)19-6-7-21-15(22)8-10-2-1-3-14(10)20-21/h4-5,8-9H,1-3,6-7H2,(H,19,23). The fourth-order valence-electron chi connectivity index (χ4n) is 2.64. The van der Waals surface area contributed by atoms with E-state index in [1.807, 2.05) is 0 Å². The van der Waals surface area contributed by atoms with Gasteiger partial charge in [0, 0.05) is 17.6 Å². The lowest BCUT2D eigenvalue weighted by atomic mass is 10.2. The molecule has 0 spiro atoms. The molecule has 0 aliphatic heterocycles. The number of amides is 1. The lowest BCUT2D eigenvalue weighted by Gasteiger charge is -2.09. The molecular formula is C16H15Cl2N3O2. The summed E-state index contributed by atoms with van der Waals surface area (Å²) in [6, 6.07) is 6.34. The molecule has 0 bridgehead atoms. The molecule has 1 aromatic carbocycles. The summed E-state index contributed by atoms with van der Waals surface area (Å²) in [4.78, 5) is 24.1. The molecule has 7 heteroatoms. The van der Waals surface area contributed by atoms with Crippen molar-refractivity contribution in [1.29, 1.82) is 0 Å². The van der Waals surface area contributed by atoms with Crippen LogP contribution >= 0.6 is 23.2 Å². The number of aromatic nitrogens is 2. The number of fused-ring (bicyclic) bond motifs is 1. The van der Waals surface area contributed by atoms with Gasteiger partial charge in [-0.3, -0.25) is 9.59 Å². The molecule has 0 saturated heterocycles. The SMILES string of the molecule is O=C(NCCn1nc2c(cc1=O)CCC2)c1ccc(Cl)cc1Cl. The molecule has 120 valence electrons. The monoisotopic (exact) mass is 351 g/mol. The van der Waals surface area contributed by atoms with E-state index in [0.29, 0.717) is 28.7 Å². The van der Waals surface area contributed by atoms with Gasteiger partial charge in [-0.05, 0) is 43.0 Å². The minimum atomic E-state index is -0.305. The minimum Gasteiger partial charge on any atom is -0.350 e. The average molecular weight is 352 g/mol. The van der Waals surface area contributed by atoms with E-state index in [1.165, 1.54) is 10.7 Å². The van der Waals surface area contributed by atoms with E-state index in [2.05, 4.69) is 10.4 Å². The van der Waals surface area contributed by atoms with Crippen molar-refractivity contribution in [3.8, 4) is 0 Å². The van der Waals surface area contributed by atoms with Crippen LogP contribution in [0.15, 0.2) is 29.1 Å². The highest BCUT2D eigenvalue weighted by molar-refractivity contribution is 6.36. The number of carbonyl (C=O) groups is 1. The highest BCUT2D eigenvalue weighted by Crippen LogP contribution is 2.20. The summed E-state index contributed by atoms with van der Waals surface area (Å²) in [6.45, 7) is 0.618. The van der Waals surface area contributed by atoms with Gasteiger partial charge in [-0.15, -0.1) is 0 Å². The van der Waals surface area contributed by atoms with Crippen molar-refractivity contribution in [2.75, 3.05) is 6.54 Å². The van der Waals surface area contributed by atoms with Crippen LogP contribution in [0.2, 0.25) is 10.0 Å². The molecule has 1 heterocycles. The molecule has 3 rings (SSSR count). The first-order chi connectivity index (χ1) is 11.0. The van der Waals surface area contributed by atoms with E-state index >= 15 is 0 Å². The molecule has 0 unspecified atom stereocenters. The second-order valence-electron chi connectivity index (χ2n) is 5.41. The summed E-state index contributed by atoms with van der Waals surface area (Å²) in [6.07, 6.45) is 2.87. The summed E-state index contributed by atoms with van der Waals surface area (Å²) in [7, 11) is 0. The van der Waals surface area contributed by atoms with Crippen LogP contribution in [0.25, 0.3) is 0 Å². The molecule has 0 atom stereocenters. The molecular weight excluding hydrogens is 337 g/mol. The van der Waals surface area contributed by atoms with Crippen LogP contribution in [0, 0.1) is 0 Å². The Bertz CT molecular complexity index is 817. The molecule has 1 aliphatic rings. The second kappa shape index (κ2) is 6.72. The highest BCUT2D eigenvalue weighted by atomic mass is 35.5. The number of hydrogen-bond donors (Lipinski definition) is 1. The van der Waals surface area contributed by atoms with Crippen LogP contribution in [0.4, 0.5) is 0 Å². The van der Waals surface area contributed by atoms with E-state index in [1.54, 1.807) is 18.2 Å². The van der Waals surface area contributed by atoms with Gasteiger partial charge in [-0.25, -0.2) is 4.68 Å². The first-order valence-electron chi connectivity index (χ1n) is 7.38. The maximum atomic E-state index is 12.1. The Morgan fingerprint density at radius 2 is 2.09 bits per heavy atom. The molecule has 0 fully saturated rings. The minimum absolute atomic E-state index is 0.135. The third-order valence-corrected chi connectivity index (χ3v) is 4.36. The van der Waals surface area contributed by atoms with Crippen LogP contribution < -0.4 is 10.9 Å². The van der Waals surface area contributed by atoms with Gasteiger partial charge >= 0.3 is 0 Å². The van der Waals surface area contributed by atoms with Crippen molar-refractivity contribution in [3.05, 3.63) is 61.5 Å². The van der Waals surface area contributed by atoms with Crippen LogP contribution in [0.3, 0.4) is 0 Å². The van der Waals surface area contributed by atoms with Gasteiger partial charge in [0.25, 0.3) is 11.5 Å². The third-order valence-electron chi connectivity index (χ3n) is 3.81. The molecule has 5 nitrogen and oxygen atoms in total. The fraction of sp³-hybridized carbons (Fsp3) is 0.312. The average Bonchev–Trinajstić information content (AvgIpc) is 2.94. The van der Waals surface area contributed by atoms with Crippen molar-refractivity contribution in [3.63, 3.8) is 0 Å². The van der Waals surface area contributed by atoms with E-state index in [-0.39, 0.29) is 11.5 Å². The van der Waals surface area contributed by atoms with Gasteiger partial charge in [-0.1, -0.05) is 23.2 Å². The second-order valence-corrected chi connectivity index (χ2v) is 6.25. The highest BCUT2D eigenvalue weighted by Gasteiger charge is 2.15. The van der Waals surface area contributed by atoms with E-state index < -0.39 is 0 Å². The van der Waals surface area contributed by atoms with Crippen LogP contribution in [-0.4, -0.2) is 22.2 Å². The van der Waals surface area contributed by atoms with Crippen molar-refractivity contribution >= 4 is 29.1 Å². The molecule has 1 N–H and O–H groups in total.